The molecule has 33 heavy (non-hydrogen) atoms. The number of hydrogen-bond donors (Lipinski definition) is 1. The highest BCUT2D eigenvalue weighted by atomic mass is 32.2. The van der Waals surface area contributed by atoms with Crippen LogP contribution in [0, 0.1) is 0 Å². The van der Waals surface area contributed by atoms with Crippen LogP contribution in [-0.4, -0.2) is 49.9 Å². The van der Waals surface area contributed by atoms with Crippen molar-refractivity contribution in [2.24, 2.45) is 0 Å². The van der Waals surface area contributed by atoms with E-state index < -0.39 is 27.6 Å². The smallest absolute Gasteiger partial charge is 0.222 e. The lowest BCUT2D eigenvalue weighted by atomic mass is 10.1. The maximum Gasteiger partial charge on any atom is 0.570 e. The van der Waals surface area contributed by atoms with Gasteiger partial charge in [-0.15, -0.1) is 22.7 Å². The third-order valence-corrected chi connectivity index (χ3v) is 11.0. The van der Waals surface area contributed by atoms with Crippen LogP contribution in [0.3, 0.4) is 0 Å². The molecule has 10 heteroatoms. The number of likely N-dealkylation sites (tertiary alicyclic amines) is 1. The maximum absolute atomic E-state index is 13.7. The van der Waals surface area contributed by atoms with Crippen LogP contribution in [-0.2, 0) is 14.4 Å². The summed E-state index contributed by atoms with van der Waals surface area (Å²) in [6.45, 7) is 4.60. The summed E-state index contributed by atoms with van der Waals surface area (Å²) in [5, 5.41) is 12.6. The fourth-order valence-electron chi connectivity index (χ4n) is 5.21. The first-order valence-electron chi connectivity index (χ1n) is 11.0. The van der Waals surface area contributed by atoms with Gasteiger partial charge in [0.05, 0.1) is 25.4 Å². The van der Waals surface area contributed by atoms with Gasteiger partial charge in [0.15, 0.2) is 4.87 Å². The molecule has 2 aromatic heterocycles. The molecule has 0 bridgehead atoms. The first kappa shape index (κ1) is 22.9. The van der Waals surface area contributed by atoms with E-state index >= 15 is 0 Å². The zero-order valence-electron chi connectivity index (χ0n) is 18.5. The number of imide groups is 1. The van der Waals surface area contributed by atoms with Crippen molar-refractivity contribution in [1.29, 1.82) is 0 Å². The summed E-state index contributed by atoms with van der Waals surface area (Å²) < 4.78 is -0.0258. The standard InChI is InChI=1S/C23H26N2O5S3/c1-15-5-3-13-24(15,22(28)30-25(29)20(26)9-10-21(25)27)23(2)12-11-19(33-23)18-8-7-17(32-18)16-6-4-14-31-16/h4,6-8,11,14-15,29H,3,5,9-10,12-13H2,1-2H3/q+2/t15-,23?,24?/m1/s1. The molecule has 3 aliphatic heterocycles. The Hall–Kier alpha value is -1.82. The normalized spacial score (nSPS) is 31.2. The average molecular weight is 507 g/mol. The van der Waals surface area contributed by atoms with E-state index in [0.717, 1.165) is 22.6 Å². The molecule has 1 N–H and O–H groups in total. The van der Waals surface area contributed by atoms with Crippen LogP contribution in [0.25, 0.3) is 14.7 Å². The van der Waals surface area contributed by atoms with Crippen molar-refractivity contribution >= 4 is 57.2 Å². The molecular formula is C23H26N2O5S3+2. The lowest BCUT2D eigenvalue weighted by Gasteiger charge is -2.45. The van der Waals surface area contributed by atoms with Crippen LogP contribution < -0.4 is 0 Å². The number of carbonyl (C=O) groups is 3. The fourth-order valence-corrected chi connectivity index (χ4v) is 8.72. The third-order valence-electron chi connectivity index (χ3n) is 7.10. The van der Waals surface area contributed by atoms with Gasteiger partial charge in [-0.2, -0.15) is 14.8 Å². The zero-order valence-corrected chi connectivity index (χ0v) is 20.9. The average Bonchev–Trinajstić information content (AvgIpc) is 3.58. The van der Waals surface area contributed by atoms with Gasteiger partial charge in [-0.3, -0.25) is 0 Å². The van der Waals surface area contributed by atoms with Gasteiger partial charge in [0.25, 0.3) is 0 Å². The van der Waals surface area contributed by atoms with E-state index in [2.05, 4.69) is 29.7 Å². The van der Waals surface area contributed by atoms with E-state index in [1.807, 2.05) is 19.9 Å². The van der Waals surface area contributed by atoms with E-state index in [1.165, 1.54) is 9.75 Å². The van der Waals surface area contributed by atoms with Crippen molar-refractivity contribution in [1.82, 2.24) is 0 Å². The Morgan fingerprint density at radius 3 is 2.52 bits per heavy atom. The molecule has 0 radical (unpaired) electrons. The molecule has 5 rings (SSSR count). The molecule has 3 aliphatic rings. The summed E-state index contributed by atoms with van der Waals surface area (Å²) in [7, 11) is 0. The minimum atomic E-state index is -1.86. The Morgan fingerprint density at radius 1 is 1.15 bits per heavy atom. The second-order valence-electron chi connectivity index (χ2n) is 9.00. The number of quaternary nitrogens is 2. The molecule has 2 fully saturated rings. The van der Waals surface area contributed by atoms with Gasteiger partial charge in [0, 0.05) is 45.7 Å². The highest BCUT2D eigenvalue weighted by Crippen LogP contribution is 2.56. The quantitative estimate of drug-likeness (QED) is 0.322. The SMILES string of the molecule is C[C@@H]1CCC[N+]1(C(=O)O[N+]1(O)C(=O)CCC1=O)C1(C)CC=C(c2ccc(-c3cccs3)s2)S1. The van der Waals surface area contributed by atoms with Crippen molar-refractivity contribution in [3.05, 3.63) is 40.6 Å². The fraction of sp³-hybridized carbons (Fsp3) is 0.435. The Kier molecular flexibility index (Phi) is 5.66. The largest absolute Gasteiger partial charge is 0.570 e. The number of thioether (sulfide) groups is 1. The Labute approximate surface area is 204 Å². The predicted octanol–water partition coefficient (Wildman–Crippen LogP) is 5.77. The summed E-state index contributed by atoms with van der Waals surface area (Å²) >= 11 is 5.09. The minimum absolute atomic E-state index is 0.0258. The molecule has 2 aromatic rings. The number of amides is 3. The third kappa shape index (κ3) is 3.46. The lowest BCUT2D eigenvalue weighted by molar-refractivity contribution is -1.13. The van der Waals surface area contributed by atoms with Crippen molar-refractivity contribution < 1.29 is 33.7 Å². The molecule has 0 saturated carbocycles. The number of carbonyl (C=O) groups excluding carboxylic acids is 3. The van der Waals surface area contributed by atoms with Gasteiger partial charge in [-0.1, -0.05) is 23.9 Å². The van der Waals surface area contributed by atoms with Crippen LogP contribution in [0.5, 0.6) is 0 Å². The van der Waals surface area contributed by atoms with Crippen LogP contribution >= 0.6 is 34.4 Å². The molecule has 2 saturated heterocycles. The number of hydroxylamine groups is 4. The van der Waals surface area contributed by atoms with Crippen LogP contribution in [0.15, 0.2) is 35.7 Å². The second-order valence-corrected chi connectivity index (χ2v) is 12.6. The molecular weight excluding hydrogens is 480 g/mol. The second kappa shape index (κ2) is 8.14. The van der Waals surface area contributed by atoms with Crippen molar-refractivity contribution in [3.8, 4) is 9.75 Å². The molecule has 7 nitrogen and oxygen atoms in total. The van der Waals surface area contributed by atoms with Gasteiger partial charge in [0.2, 0.25) is 0 Å². The van der Waals surface area contributed by atoms with Crippen LogP contribution in [0.2, 0.25) is 0 Å². The predicted molar refractivity (Wildman–Crippen MR) is 128 cm³/mol. The van der Waals surface area contributed by atoms with E-state index in [4.69, 9.17) is 4.84 Å². The van der Waals surface area contributed by atoms with Gasteiger partial charge >= 0.3 is 17.9 Å². The molecule has 174 valence electrons. The van der Waals surface area contributed by atoms with Gasteiger partial charge in [-0.05, 0) is 30.5 Å². The van der Waals surface area contributed by atoms with E-state index in [0.29, 0.717) is 13.0 Å². The van der Waals surface area contributed by atoms with Gasteiger partial charge in [0.1, 0.15) is 4.81 Å². The molecule has 2 unspecified atom stereocenters. The van der Waals surface area contributed by atoms with E-state index in [1.54, 1.807) is 34.4 Å². The highest BCUT2D eigenvalue weighted by molar-refractivity contribution is 8.09. The summed E-state index contributed by atoms with van der Waals surface area (Å²) in [6, 6.07) is 8.34. The summed E-state index contributed by atoms with van der Waals surface area (Å²) in [4.78, 5) is 45.7. The number of nitrogens with zero attached hydrogens (tertiary/aromatic N) is 2. The maximum atomic E-state index is 13.7. The topological polar surface area (TPSA) is 80.7 Å². The van der Waals surface area contributed by atoms with E-state index in [9.17, 15) is 19.6 Å². The molecule has 3 amide bonds. The van der Waals surface area contributed by atoms with Crippen molar-refractivity contribution in [2.75, 3.05) is 6.54 Å². The van der Waals surface area contributed by atoms with Crippen molar-refractivity contribution in [2.45, 2.75) is 56.9 Å². The number of thiophene rings is 2. The molecule has 0 aromatic carbocycles. The molecule has 3 atom stereocenters. The minimum Gasteiger partial charge on any atom is -0.222 e. The number of hydrogen-bond acceptors (Lipinski definition) is 8. The molecule has 0 aliphatic carbocycles. The zero-order chi connectivity index (χ0) is 23.4. The first-order valence-corrected chi connectivity index (χ1v) is 13.5. The summed E-state index contributed by atoms with van der Waals surface area (Å²) in [5.74, 6) is -1.58. The molecule has 5 heterocycles. The Morgan fingerprint density at radius 2 is 1.88 bits per heavy atom. The summed E-state index contributed by atoms with van der Waals surface area (Å²) in [5.41, 5.74) is 0. The van der Waals surface area contributed by atoms with Crippen LogP contribution in [0.4, 0.5) is 4.79 Å². The first-order chi connectivity index (χ1) is 15.7. The highest BCUT2D eigenvalue weighted by Gasteiger charge is 2.66. The number of rotatable bonds is 4. The van der Waals surface area contributed by atoms with Gasteiger partial charge < -0.3 is 0 Å². The summed E-state index contributed by atoms with van der Waals surface area (Å²) in [6.07, 6.45) is 3.52. The Bertz CT molecular complexity index is 1140. The van der Waals surface area contributed by atoms with Crippen molar-refractivity contribution in [3.63, 3.8) is 0 Å². The van der Waals surface area contributed by atoms with Crippen LogP contribution in [0.1, 0.15) is 50.8 Å². The monoisotopic (exact) mass is 506 g/mol. The molecule has 0 spiro atoms. The van der Waals surface area contributed by atoms with E-state index in [-0.39, 0.29) is 23.4 Å². The Balaban J connectivity index is 1.42. The van der Waals surface area contributed by atoms with Gasteiger partial charge in [-0.25, -0.2) is 14.1 Å². The lowest BCUT2D eigenvalue weighted by Crippen LogP contribution is -2.68.